The molecule has 2 bridgehead atoms. The molecule has 0 aromatic heterocycles. The van der Waals surface area contributed by atoms with Gasteiger partial charge in [-0.1, -0.05) is 30.3 Å². The van der Waals surface area contributed by atoms with E-state index >= 15 is 0 Å². The molecule has 6 nitrogen and oxygen atoms in total. The van der Waals surface area contributed by atoms with Crippen LogP contribution in [0.1, 0.15) is 28.8 Å². The standard InChI is InChI=1S/C21H25N3O3S/c1-28(26,27)22-18-9-7-17(8-10-18)21(25)23-14-19-11-12-20(15-23)24(19)13-16-5-3-2-4-6-16/h2-10,19-20,22H,11-15H2,1H3. The van der Waals surface area contributed by atoms with Gasteiger partial charge in [0, 0.05) is 43.0 Å². The molecule has 0 spiro atoms. The van der Waals surface area contributed by atoms with Gasteiger partial charge in [-0.3, -0.25) is 14.4 Å². The number of benzene rings is 2. The third-order valence-corrected chi connectivity index (χ3v) is 6.17. The van der Waals surface area contributed by atoms with Crippen LogP contribution in [0.3, 0.4) is 0 Å². The van der Waals surface area contributed by atoms with Crippen LogP contribution < -0.4 is 4.72 Å². The van der Waals surface area contributed by atoms with Crippen LogP contribution in [-0.4, -0.2) is 55.6 Å². The Morgan fingerprint density at radius 1 is 1.00 bits per heavy atom. The first kappa shape index (κ1) is 19.0. The number of carbonyl (C=O) groups excluding carboxylic acids is 1. The normalized spacial score (nSPS) is 22.2. The summed E-state index contributed by atoms with van der Waals surface area (Å²) in [7, 11) is -3.32. The van der Waals surface area contributed by atoms with E-state index in [-0.39, 0.29) is 5.91 Å². The largest absolute Gasteiger partial charge is 0.336 e. The Kier molecular flexibility index (Phi) is 5.12. The molecule has 2 aromatic carbocycles. The Morgan fingerprint density at radius 2 is 1.61 bits per heavy atom. The number of amides is 1. The van der Waals surface area contributed by atoms with Gasteiger partial charge in [0.05, 0.1) is 6.26 Å². The molecule has 2 saturated heterocycles. The van der Waals surface area contributed by atoms with Gasteiger partial charge < -0.3 is 4.90 Å². The van der Waals surface area contributed by atoms with Crippen molar-refractivity contribution in [3.8, 4) is 0 Å². The lowest BCUT2D eigenvalue weighted by Gasteiger charge is -2.41. The number of hydrogen-bond acceptors (Lipinski definition) is 4. The minimum atomic E-state index is -3.32. The Hall–Kier alpha value is -2.38. The minimum absolute atomic E-state index is 0.0159. The second kappa shape index (κ2) is 7.56. The van der Waals surface area contributed by atoms with Gasteiger partial charge in [-0.2, -0.15) is 0 Å². The summed E-state index contributed by atoms with van der Waals surface area (Å²) in [6, 6.07) is 17.9. The number of hydrogen-bond donors (Lipinski definition) is 1. The molecule has 2 aliphatic rings. The van der Waals surface area contributed by atoms with Gasteiger partial charge in [0.2, 0.25) is 10.0 Å². The molecular weight excluding hydrogens is 374 g/mol. The first-order chi connectivity index (χ1) is 13.4. The Balaban J connectivity index is 1.42. The van der Waals surface area contributed by atoms with Crippen molar-refractivity contribution < 1.29 is 13.2 Å². The molecule has 7 heteroatoms. The second-order valence-corrected chi connectivity index (χ2v) is 9.45. The van der Waals surface area contributed by atoms with E-state index in [0.29, 0.717) is 23.3 Å². The average Bonchev–Trinajstić information content (AvgIpc) is 2.89. The zero-order valence-electron chi connectivity index (χ0n) is 15.9. The lowest BCUT2D eigenvalue weighted by Crippen LogP contribution is -2.54. The Bertz CT molecular complexity index is 931. The second-order valence-electron chi connectivity index (χ2n) is 7.70. The molecule has 0 radical (unpaired) electrons. The molecule has 1 amide bonds. The number of nitrogens with zero attached hydrogens (tertiary/aromatic N) is 2. The molecule has 4 rings (SSSR count). The van der Waals surface area contributed by atoms with Crippen molar-refractivity contribution in [1.29, 1.82) is 0 Å². The topological polar surface area (TPSA) is 69.7 Å². The number of nitrogens with one attached hydrogen (secondary N) is 1. The zero-order chi connectivity index (χ0) is 19.7. The Morgan fingerprint density at radius 3 is 2.18 bits per heavy atom. The molecule has 2 heterocycles. The summed E-state index contributed by atoms with van der Waals surface area (Å²) in [5.74, 6) is 0.0159. The van der Waals surface area contributed by atoms with Crippen LogP contribution in [0.25, 0.3) is 0 Å². The van der Waals surface area contributed by atoms with Gasteiger partial charge in [0.15, 0.2) is 0 Å². The van der Waals surface area contributed by atoms with E-state index in [1.807, 2.05) is 11.0 Å². The summed E-state index contributed by atoms with van der Waals surface area (Å²) < 4.78 is 25.1. The van der Waals surface area contributed by atoms with Crippen LogP contribution in [0.15, 0.2) is 54.6 Å². The molecule has 0 aliphatic carbocycles. The van der Waals surface area contributed by atoms with Gasteiger partial charge in [-0.15, -0.1) is 0 Å². The first-order valence-corrected chi connectivity index (χ1v) is 11.4. The monoisotopic (exact) mass is 399 g/mol. The van der Waals surface area contributed by atoms with Crippen LogP contribution in [0.5, 0.6) is 0 Å². The van der Waals surface area contributed by atoms with Crippen LogP contribution in [0.2, 0.25) is 0 Å². The highest BCUT2D eigenvalue weighted by molar-refractivity contribution is 7.92. The van der Waals surface area contributed by atoms with Gasteiger partial charge in [0.1, 0.15) is 0 Å². The highest BCUT2D eigenvalue weighted by atomic mass is 32.2. The van der Waals surface area contributed by atoms with Crippen LogP contribution >= 0.6 is 0 Å². The van der Waals surface area contributed by atoms with Gasteiger partial charge in [-0.25, -0.2) is 8.42 Å². The summed E-state index contributed by atoms with van der Waals surface area (Å²) >= 11 is 0. The molecule has 2 aliphatic heterocycles. The number of piperazine rings is 1. The summed E-state index contributed by atoms with van der Waals surface area (Å²) in [5.41, 5.74) is 2.37. The highest BCUT2D eigenvalue weighted by Crippen LogP contribution is 2.32. The predicted octanol–water partition coefficient (Wildman–Crippen LogP) is 2.55. The minimum Gasteiger partial charge on any atom is -0.336 e. The van der Waals surface area contributed by atoms with E-state index in [0.717, 1.165) is 38.7 Å². The quantitative estimate of drug-likeness (QED) is 0.839. The number of sulfonamides is 1. The smallest absolute Gasteiger partial charge is 0.253 e. The molecular formula is C21H25N3O3S. The molecule has 1 N–H and O–H groups in total. The fourth-order valence-electron chi connectivity index (χ4n) is 4.29. The molecule has 0 saturated carbocycles. The van der Waals surface area contributed by atoms with Crippen molar-refractivity contribution in [3.63, 3.8) is 0 Å². The molecule has 2 aromatic rings. The van der Waals surface area contributed by atoms with Gasteiger partial charge in [-0.05, 0) is 42.7 Å². The maximum atomic E-state index is 12.9. The van der Waals surface area contributed by atoms with Crippen molar-refractivity contribution >= 4 is 21.6 Å². The number of likely N-dealkylation sites (tertiary alicyclic amines) is 1. The van der Waals surface area contributed by atoms with E-state index in [4.69, 9.17) is 0 Å². The lowest BCUT2D eigenvalue weighted by atomic mass is 10.1. The number of anilines is 1. The van der Waals surface area contributed by atoms with Crippen molar-refractivity contribution in [2.45, 2.75) is 31.5 Å². The number of carbonyl (C=O) groups is 1. The zero-order valence-corrected chi connectivity index (χ0v) is 16.7. The fourth-order valence-corrected chi connectivity index (χ4v) is 4.85. The van der Waals surface area contributed by atoms with E-state index in [9.17, 15) is 13.2 Å². The third kappa shape index (κ3) is 4.20. The maximum Gasteiger partial charge on any atom is 0.253 e. The predicted molar refractivity (Wildman–Crippen MR) is 110 cm³/mol. The van der Waals surface area contributed by atoms with E-state index < -0.39 is 10.0 Å². The Labute approximate surface area is 166 Å². The molecule has 2 unspecified atom stereocenters. The third-order valence-electron chi connectivity index (χ3n) is 5.56. The lowest BCUT2D eigenvalue weighted by molar-refractivity contribution is 0.0424. The van der Waals surface area contributed by atoms with E-state index in [1.165, 1.54) is 5.56 Å². The summed E-state index contributed by atoms with van der Waals surface area (Å²) in [6.45, 7) is 2.42. The fraction of sp³-hybridized carbons (Fsp3) is 0.381. The maximum absolute atomic E-state index is 12.9. The van der Waals surface area contributed by atoms with Crippen molar-refractivity contribution in [3.05, 3.63) is 65.7 Å². The molecule has 2 fully saturated rings. The molecule has 148 valence electrons. The van der Waals surface area contributed by atoms with Gasteiger partial charge in [0.25, 0.3) is 5.91 Å². The van der Waals surface area contributed by atoms with Crippen molar-refractivity contribution in [2.24, 2.45) is 0 Å². The van der Waals surface area contributed by atoms with Crippen LogP contribution in [-0.2, 0) is 16.6 Å². The highest BCUT2D eigenvalue weighted by Gasteiger charge is 2.41. The molecule has 28 heavy (non-hydrogen) atoms. The number of rotatable bonds is 5. The van der Waals surface area contributed by atoms with Crippen molar-refractivity contribution in [1.82, 2.24) is 9.80 Å². The van der Waals surface area contributed by atoms with E-state index in [2.05, 4.69) is 33.9 Å². The number of fused-ring (bicyclic) bond motifs is 2. The SMILES string of the molecule is CS(=O)(=O)Nc1ccc(C(=O)N2CC3CCC(C2)N3Cc2ccccc2)cc1. The summed E-state index contributed by atoms with van der Waals surface area (Å²) in [4.78, 5) is 17.4. The summed E-state index contributed by atoms with van der Waals surface area (Å²) in [5, 5.41) is 0. The van der Waals surface area contributed by atoms with Crippen LogP contribution in [0.4, 0.5) is 5.69 Å². The molecule has 2 atom stereocenters. The summed E-state index contributed by atoms with van der Waals surface area (Å²) in [6.07, 6.45) is 3.35. The average molecular weight is 400 g/mol. The first-order valence-electron chi connectivity index (χ1n) is 9.56. The van der Waals surface area contributed by atoms with Crippen molar-refractivity contribution in [2.75, 3.05) is 24.1 Å². The van der Waals surface area contributed by atoms with E-state index in [1.54, 1.807) is 24.3 Å². The van der Waals surface area contributed by atoms with Gasteiger partial charge >= 0.3 is 0 Å². The van der Waals surface area contributed by atoms with Crippen LogP contribution in [0, 0.1) is 0 Å².